The summed E-state index contributed by atoms with van der Waals surface area (Å²) in [5.41, 5.74) is 4.25. The largest absolute Gasteiger partial charge is 0.331 e. The number of aryl methyl sites for hydroxylation is 1. The third-order valence-corrected chi connectivity index (χ3v) is 6.20. The fraction of sp³-hybridized carbons (Fsp3) is 0.125. The minimum absolute atomic E-state index is 0.111. The first-order valence-electron chi connectivity index (χ1n) is 9.57. The SMILES string of the molecule is Cc1ccc(S(C)(=O)=O)cc1NC(=O)Cn1c(-c2ccccc2)cc2ccccc21. The fourth-order valence-corrected chi connectivity index (χ4v) is 4.18. The van der Waals surface area contributed by atoms with Crippen molar-refractivity contribution in [2.45, 2.75) is 18.4 Å². The fourth-order valence-electron chi connectivity index (χ4n) is 3.53. The van der Waals surface area contributed by atoms with Crippen LogP contribution < -0.4 is 5.32 Å². The highest BCUT2D eigenvalue weighted by Crippen LogP contribution is 2.28. The van der Waals surface area contributed by atoms with Crippen molar-refractivity contribution in [3.8, 4) is 11.3 Å². The minimum atomic E-state index is -3.36. The van der Waals surface area contributed by atoms with E-state index in [1.54, 1.807) is 12.1 Å². The van der Waals surface area contributed by atoms with Crippen LogP contribution in [0.25, 0.3) is 22.2 Å². The molecule has 0 radical (unpaired) electrons. The highest BCUT2D eigenvalue weighted by molar-refractivity contribution is 7.90. The van der Waals surface area contributed by atoms with E-state index in [0.717, 1.165) is 34.0 Å². The summed E-state index contributed by atoms with van der Waals surface area (Å²) in [6.45, 7) is 1.95. The molecule has 0 saturated heterocycles. The normalized spacial score (nSPS) is 11.5. The van der Waals surface area contributed by atoms with Gasteiger partial charge in [-0.2, -0.15) is 0 Å². The Labute approximate surface area is 175 Å². The number of anilines is 1. The van der Waals surface area contributed by atoms with Gasteiger partial charge in [-0.1, -0.05) is 54.6 Å². The molecule has 0 saturated carbocycles. The lowest BCUT2D eigenvalue weighted by atomic mass is 10.1. The van der Waals surface area contributed by atoms with Gasteiger partial charge in [-0.25, -0.2) is 8.42 Å². The lowest BCUT2D eigenvalue weighted by molar-refractivity contribution is -0.116. The molecular weight excluding hydrogens is 396 g/mol. The number of benzene rings is 3. The molecule has 0 aliphatic heterocycles. The van der Waals surface area contributed by atoms with E-state index >= 15 is 0 Å². The van der Waals surface area contributed by atoms with Crippen LogP contribution in [0.3, 0.4) is 0 Å². The number of fused-ring (bicyclic) bond motifs is 1. The summed E-state index contributed by atoms with van der Waals surface area (Å²) in [6.07, 6.45) is 1.15. The third kappa shape index (κ3) is 4.00. The second-order valence-electron chi connectivity index (χ2n) is 7.34. The van der Waals surface area contributed by atoms with Gasteiger partial charge in [0, 0.05) is 28.5 Å². The Kier molecular flexibility index (Phi) is 5.18. The van der Waals surface area contributed by atoms with Crippen molar-refractivity contribution in [1.82, 2.24) is 4.57 Å². The number of hydrogen-bond acceptors (Lipinski definition) is 3. The Balaban J connectivity index is 1.69. The van der Waals surface area contributed by atoms with E-state index in [4.69, 9.17) is 0 Å². The Morgan fingerprint density at radius 1 is 0.933 bits per heavy atom. The summed E-state index contributed by atoms with van der Waals surface area (Å²) in [6, 6.07) is 24.7. The van der Waals surface area contributed by atoms with Gasteiger partial charge in [0.05, 0.1) is 4.90 Å². The molecule has 1 aromatic heterocycles. The van der Waals surface area contributed by atoms with E-state index in [9.17, 15) is 13.2 Å². The van der Waals surface area contributed by atoms with Gasteiger partial charge in [-0.15, -0.1) is 0 Å². The summed E-state index contributed by atoms with van der Waals surface area (Å²) < 4.78 is 25.7. The van der Waals surface area contributed by atoms with Gasteiger partial charge in [-0.05, 0) is 42.3 Å². The quantitative estimate of drug-likeness (QED) is 0.513. The standard InChI is InChI=1S/C24H22N2O3S/c1-17-12-13-20(30(2,28)29)15-21(17)25-24(27)16-26-22-11-7-6-10-19(22)14-23(26)18-8-4-3-5-9-18/h3-15H,16H2,1-2H3,(H,25,27). The number of hydrogen-bond donors (Lipinski definition) is 1. The van der Waals surface area contributed by atoms with Crippen LogP contribution in [-0.2, 0) is 21.2 Å². The molecule has 0 unspecified atom stereocenters. The highest BCUT2D eigenvalue weighted by Gasteiger charge is 2.15. The van der Waals surface area contributed by atoms with Crippen molar-refractivity contribution in [2.24, 2.45) is 0 Å². The maximum atomic E-state index is 12.9. The molecule has 1 N–H and O–H groups in total. The number of aromatic nitrogens is 1. The van der Waals surface area contributed by atoms with E-state index in [0.29, 0.717) is 5.69 Å². The second-order valence-corrected chi connectivity index (χ2v) is 9.35. The van der Waals surface area contributed by atoms with Crippen molar-refractivity contribution in [3.05, 3.63) is 84.4 Å². The molecule has 30 heavy (non-hydrogen) atoms. The molecule has 5 nitrogen and oxygen atoms in total. The van der Waals surface area contributed by atoms with Crippen molar-refractivity contribution < 1.29 is 13.2 Å². The van der Waals surface area contributed by atoms with E-state index < -0.39 is 9.84 Å². The molecule has 0 fully saturated rings. The molecular formula is C24H22N2O3S. The Bertz CT molecular complexity index is 1340. The van der Waals surface area contributed by atoms with Gasteiger partial charge in [0.25, 0.3) is 0 Å². The van der Waals surface area contributed by atoms with Crippen LogP contribution in [0.4, 0.5) is 5.69 Å². The Morgan fingerprint density at radius 3 is 2.37 bits per heavy atom. The van der Waals surface area contributed by atoms with E-state index in [1.165, 1.54) is 6.07 Å². The molecule has 0 aliphatic rings. The van der Waals surface area contributed by atoms with Gasteiger partial charge in [0.15, 0.2) is 9.84 Å². The molecule has 0 spiro atoms. The molecule has 6 heteroatoms. The van der Waals surface area contributed by atoms with Crippen LogP contribution in [0.1, 0.15) is 5.56 Å². The number of rotatable bonds is 5. The van der Waals surface area contributed by atoms with Crippen molar-refractivity contribution in [1.29, 1.82) is 0 Å². The molecule has 4 rings (SSSR count). The monoisotopic (exact) mass is 418 g/mol. The predicted molar refractivity (Wildman–Crippen MR) is 120 cm³/mol. The Morgan fingerprint density at radius 2 is 1.63 bits per heavy atom. The van der Waals surface area contributed by atoms with Gasteiger partial charge >= 0.3 is 0 Å². The predicted octanol–water partition coefficient (Wildman–Crippen LogP) is 4.66. The smallest absolute Gasteiger partial charge is 0.244 e. The zero-order chi connectivity index (χ0) is 21.3. The van der Waals surface area contributed by atoms with E-state index in [2.05, 4.69) is 11.4 Å². The molecule has 0 atom stereocenters. The first-order valence-corrected chi connectivity index (χ1v) is 11.5. The molecule has 0 aliphatic carbocycles. The summed E-state index contributed by atoms with van der Waals surface area (Å²) >= 11 is 0. The van der Waals surface area contributed by atoms with E-state index in [1.807, 2.05) is 66.1 Å². The van der Waals surface area contributed by atoms with Crippen LogP contribution in [-0.4, -0.2) is 25.1 Å². The topological polar surface area (TPSA) is 68.2 Å². The molecule has 152 valence electrons. The molecule has 1 heterocycles. The van der Waals surface area contributed by atoms with E-state index in [-0.39, 0.29) is 17.3 Å². The first kappa shape index (κ1) is 19.9. The number of carbonyl (C=O) groups is 1. The molecule has 0 bridgehead atoms. The molecule has 3 aromatic carbocycles. The number of nitrogens with one attached hydrogen (secondary N) is 1. The summed E-state index contributed by atoms with van der Waals surface area (Å²) in [7, 11) is -3.36. The average Bonchev–Trinajstić information content (AvgIpc) is 3.08. The minimum Gasteiger partial charge on any atom is -0.331 e. The number of sulfone groups is 1. The Hall–Kier alpha value is -3.38. The van der Waals surface area contributed by atoms with Crippen LogP contribution in [0, 0.1) is 6.92 Å². The average molecular weight is 419 g/mol. The van der Waals surface area contributed by atoms with Crippen molar-refractivity contribution in [2.75, 3.05) is 11.6 Å². The number of carbonyl (C=O) groups excluding carboxylic acids is 1. The van der Waals surface area contributed by atoms with Crippen molar-refractivity contribution >= 4 is 32.3 Å². The van der Waals surface area contributed by atoms with Crippen LogP contribution in [0.15, 0.2) is 83.8 Å². The maximum Gasteiger partial charge on any atom is 0.244 e. The first-order chi connectivity index (χ1) is 14.3. The van der Waals surface area contributed by atoms with Crippen LogP contribution in [0.2, 0.25) is 0 Å². The summed E-state index contributed by atoms with van der Waals surface area (Å²) in [5.74, 6) is -0.220. The maximum absolute atomic E-state index is 12.9. The second kappa shape index (κ2) is 7.80. The van der Waals surface area contributed by atoms with Gasteiger partial charge in [0.2, 0.25) is 5.91 Å². The van der Waals surface area contributed by atoms with Gasteiger partial charge < -0.3 is 9.88 Å². The highest BCUT2D eigenvalue weighted by atomic mass is 32.2. The van der Waals surface area contributed by atoms with Crippen LogP contribution >= 0.6 is 0 Å². The molecule has 4 aromatic rings. The lowest BCUT2D eigenvalue weighted by Gasteiger charge is -2.13. The number of nitrogens with zero attached hydrogens (tertiary/aromatic N) is 1. The van der Waals surface area contributed by atoms with Crippen LogP contribution in [0.5, 0.6) is 0 Å². The zero-order valence-corrected chi connectivity index (χ0v) is 17.6. The lowest BCUT2D eigenvalue weighted by Crippen LogP contribution is -2.20. The van der Waals surface area contributed by atoms with Crippen molar-refractivity contribution in [3.63, 3.8) is 0 Å². The molecule has 1 amide bonds. The number of amides is 1. The van der Waals surface area contributed by atoms with Gasteiger partial charge in [-0.3, -0.25) is 4.79 Å². The summed E-state index contributed by atoms with van der Waals surface area (Å²) in [5, 5.41) is 3.94. The zero-order valence-electron chi connectivity index (χ0n) is 16.8. The van der Waals surface area contributed by atoms with Gasteiger partial charge in [0.1, 0.15) is 6.54 Å². The third-order valence-electron chi connectivity index (χ3n) is 5.09. The number of para-hydroxylation sites is 1. The summed E-state index contributed by atoms with van der Waals surface area (Å²) in [4.78, 5) is 13.1.